The number of rotatable bonds is 5. The Morgan fingerprint density at radius 1 is 1.24 bits per heavy atom. The first-order valence-corrected chi connectivity index (χ1v) is 7.00. The van der Waals surface area contributed by atoms with Gasteiger partial charge in [0, 0.05) is 6.07 Å². The maximum Gasteiger partial charge on any atom is 0.337 e. The minimum Gasteiger partial charge on any atom is -0.478 e. The van der Waals surface area contributed by atoms with Crippen molar-refractivity contribution < 1.29 is 14.6 Å². The van der Waals surface area contributed by atoms with Gasteiger partial charge in [0.2, 0.25) is 5.88 Å². The van der Waals surface area contributed by atoms with E-state index in [1.165, 1.54) is 11.6 Å². The summed E-state index contributed by atoms with van der Waals surface area (Å²) in [6.45, 7) is 6.00. The highest BCUT2D eigenvalue weighted by molar-refractivity contribution is 5.88. The van der Waals surface area contributed by atoms with Crippen molar-refractivity contribution in [3.05, 3.63) is 53.2 Å². The van der Waals surface area contributed by atoms with Crippen LogP contribution in [0.25, 0.3) is 0 Å². The fourth-order valence-corrected chi connectivity index (χ4v) is 2.04. The van der Waals surface area contributed by atoms with Crippen LogP contribution >= 0.6 is 0 Å². The summed E-state index contributed by atoms with van der Waals surface area (Å²) in [4.78, 5) is 15.1. The van der Waals surface area contributed by atoms with Crippen molar-refractivity contribution >= 4 is 5.97 Å². The molecule has 1 atom stereocenters. The molecule has 0 saturated carbocycles. The highest BCUT2D eigenvalue weighted by Gasteiger charge is 2.10. The molecule has 0 bridgehead atoms. The summed E-state index contributed by atoms with van der Waals surface area (Å²) in [6, 6.07) is 11.0. The van der Waals surface area contributed by atoms with Crippen LogP contribution in [0.15, 0.2) is 36.4 Å². The van der Waals surface area contributed by atoms with Crippen LogP contribution in [-0.2, 0) is 0 Å². The van der Waals surface area contributed by atoms with E-state index in [1.807, 2.05) is 24.3 Å². The van der Waals surface area contributed by atoms with E-state index >= 15 is 0 Å². The number of carboxylic acids is 1. The predicted molar refractivity (Wildman–Crippen MR) is 81.2 cm³/mol. The molecule has 2 rings (SSSR count). The molecule has 4 heteroatoms. The molecular weight excluding hydrogens is 266 g/mol. The van der Waals surface area contributed by atoms with E-state index < -0.39 is 5.97 Å². The van der Waals surface area contributed by atoms with Crippen LogP contribution in [0, 0.1) is 6.92 Å². The number of benzene rings is 1. The molecule has 0 radical (unpaired) electrons. The van der Waals surface area contributed by atoms with Crippen molar-refractivity contribution in [2.75, 3.05) is 0 Å². The molecule has 110 valence electrons. The molecule has 1 N–H and O–H groups in total. The van der Waals surface area contributed by atoms with E-state index in [0.29, 0.717) is 23.2 Å². The van der Waals surface area contributed by atoms with E-state index in [1.54, 1.807) is 13.0 Å². The van der Waals surface area contributed by atoms with Crippen molar-refractivity contribution in [2.45, 2.75) is 33.1 Å². The smallest absolute Gasteiger partial charge is 0.337 e. The largest absolute Gasteiger partial charge is 0.478 e. The lowest BCUT2D eigenvalue weighted by atomic mass is 9.99. The monoisotopic (exact) mass is 285 g/mol. The Kier molecular flexibility index (Phi) is 4.58. The van der Waals surface area contributed by atoms with Gasteiger partial charge in [0.25, 0.3) is 0 Å². The minimum absolute atomic E-state index is 0.189. The number of aromatic carboxylic acids is 1. The van der Waals surface area contributed by atoms with Gasteiger partial charge in [-0.3, -0.25) is 0 Å². The zero-order valence-corrected chi connectivity index (χ0v) is 12.5. The van der Waals surface area contributed by atoms with Crippen LogP contribution in [0.3, 0.4) is 0 Å². The molecule has 1 heterocycles. The van der Waals surface area contributed by atoms with Gasteiger partial charge in [0.1, 0.15) is 5.75 Å². The number of ether oxygens (including phenoxy) is 1. The van der Waals surface area contributed by atoms with Crippen LogP contribution in [0.1, 0.15) is 47.8 Å². The van der Waals surface area contributed by atoms with Crippen molar-refractivity contribution in [3.8, 4) is 11.6 Å². The summed E-state index contributed by atoms with van der Waals surface area (Å²) in [5, 5.41) is 8.97. The molecule has 4 nitrogen and oxygen atoms in total. The van der Waals surface area contributed by atoms with Gasteiger partial charge in [-0.15, -0.1) is 0 Å². The van der Waals surface area contributed by atoms with Crippen molar-refractivity contribution in [1.29, 1.82) is 0 Å². The van der Waals surface area contributed by atoms with Crippen LogP contribution in [0.2, 0.25) is 0 Å². The minimum atomic E-state index is -0.982. The maximum absolute atomic E-state index is 10.9. The van der Waals surface area contributed by atoms with E-state index in [2.05, 4.69) is 18.8 Å². The van der Waals surface area contributed by atoms with Crippen molar-refractivity contribution in [3.63, 3.8) is 0 Å². The quantitative estimate of drug-likeness (QED) is 0.884. The fraction of sp³-hybridized carbons (Fsp3) is 0.294. The number of aromatic nitrogens is 1. The summed E-state index contributed by atoms with van der Waals surface area (Å²) in [7, 11) is 0. The average Bonchev–Trinajstić information content (AvgIpc) is 2.47. The second kappa shape index (κ2) is 6.39. The number of hydrogen-bond donors (Lipinski definition) is 1. The number of carboxylic acid groups (broad SMARTS) is 1. The standard InChI is InChI=1S/C17H19NO3/c1-4-11(2)13-5-7-14(8-6-13)21-16-10-9-15(17(19)20)12(3)18-16/h5-11H,4H2,1-3H3,(H,19,20). The highest BCUT2D eigenvalue weighted by Crippen LogP contribution is 2.25. The predicted octanol–water partition coefficient (Wildman–Crippen LogP) is 4.39. The molecule has 0 amide bonds. The molecule has 1 aromatic carbocycles. The molecule has 0 aliphatic rings. The third-order valence-electron chi connectivity index (χ3n) is 3.57. The topological polar surface area (TPSA) is 59.4 Å². The molecular formula is C17H19NO3. The normalized spacial score (nSPS) is 12.0. The van der Waals surface area contributed by atoms with E-state index in [0.717, 1.165) is 6.42 Å². The zero-order chi connectivity index (χ0) is 15.4. The average molecular weight is 285 g/mol. The third-order valence-corrected chi connectivity index (χ3v) is 3.57. The molecule has 0 aliphatic carbocycles. The van der Waals surface area contributed by atoms with Gasteiger partial charge in [-0.25, -0.2) is 9.78 Å². The summed E-state index contributed by atoms with van der Waals surface area (Å²) in [5.74, 6) is 0.629. The number of pyridine rings is 1. The maximum atomic E-state index is 10.9. The SMILES string of the molecule is CCC(C)c1ccc(Oc2ccc(C(=O)O)c(C)n2)cc1. The Balaban J connectivity index is 2.15. The van der Waals surface area contributed by atoms with Gasteiger partial charge >= 0.3 is 5.97 Å². The zero-order valence-electron chi connectivity index (χ0n) is 12.5. The molecule has 1 unspecified atom stereocenters. The van der Waals surface area contributed by atoms with Crippen molar-refractivity contribution in [1.82, 2.24) is 4.98 Å². The summed E-state index contributed by atoms with van der Waals surface area (Å²) in [5.41, 5.74) is 1.90. The number of hydrogen-bond acceptors (Lipinski definition) is 3. The van der Waals surface area contributed by atoms with Gasteiger partial charge in [0.15, 0.2) is 0 Å². The Morgan fingerprint density at radius 2 is 1.90 bits per heavy atom. The second-order valence-electron chi connectivity index (χ2n) is 5.07. The first kappa shape index (κ1) is 15.0. The Labute approximate surface area is 124 Å². The second-order valence-corrected chi connectivity index (χ2v) is 5.07. The van der Waals surface area contributed by atoms with E-state index in [9.17, 15) is 4.79 Å². The highest BCUT2D eigenvalue weighted by atomic mass is 16.5. The molecule has 0 spiro atoms. The summed E-state index contributed by atoms with van der Waals surface area (Å²) >= 11 is 0. The molecule has 0 fully saturated rings. The molecule has 0 aliphatic heterocycles. The number of carbonyl (C=O) groups is 1. The number of nitrogens with zero attached hydrogens (tertiary/aromatic N) is 1. The molecule has 21 heavy (non-hydrogen) atoms. The summed E-state index contributed by atoms with van der Waals surface area (Å²) < 4.78 is 5.66. The van der Waals surface area contributed by atoms with Crippen molar-refractivity contribution in [2.24, 2.45) is 0 Å². The Morgan fingerprint density at radius 3 is 2.43 bits per heavy atom. The Hall–Kier alpha value is -2.36. The Bertz CT molecular complexity index is 635. The van der Waals surface area contributed by atoms with E-state index in [4.69, 9.17) is 9.84 Å². The molecule has 1 aromatic heterocycles. The fourth-order valence-electron chi connectivity index (χ4n) is 2.04. The lowest BCUT2D eigenvalue weighted by Crippen LogP contribution is -2.02. The van der Waals surface area contributed by atoms with Crippen LogP contribution in [-0.4, -0.2) is 16.1 Å². The first-order chi connectivity index (χ1) is 10.0. The van der Waals surface area contributed by atoms with Gasteiger partial charge < -0.3 is 9.84 Å². The van der Waals surface area contributed by atoms with Crippen LogP contribution < -0.4 is 4.74 Å². The first-order valence-electron chi connectivity index (χ1n) is 7.00. The molecule has 0 saturated heterocycles. The molecule has 2 aromatic rings. The lowest BCUT2D eigenvalue weighted by Gasteiger charge is -2.10. The van der Waals surface area contributed by atoms with E-state index in [-0.39, 0.29) is 5.56 Å². The summed E-state index contributed by atoms with van der Waals surface area (Å²) in [6.07, 6.45) is 1.09. The lowest BCUT2D eigenvalue weighted by molar-refractivity contribution is 0.0695. The van der Waals surface area contributed by atoms with Gasteiger partial charge in [-0.2, -0.15) is 0 Å². The number of aryl methyl sites for hydroxylation is 1. The van der Waals surface area contributed by atoms with Gasteiger partial charge in [-0.1, -0.05) is 26.0 Å². The van der Waals surface area contributed by atoms with Gasteiger partial charge in [-0.05, 0) is 43.0 Å². The third kappa shape index (κ3) is 3.60. The van der Waals surface area contributed by atoms with Crippen LogP contribution in [0.5, 0.6) is 11.6 Å². The van der Waals surface area contributed by atoms with Gasteiger partial charge in [0.05, 0.1) is 11.3 Å². The van der Waals surface area contributed by atoms with Crippen LogP contribution in [0.4, 0.5) is 0 Å².